The summed E-state index contributed by atoms with van der Waals surface area (Å²) >= 11 is 6.43. The van der Waals surface area contributed by atoms with Gasteiger partial charge in [0.15, 0.2) is 0 Å². The van der Waals surface area contributed by atoms with Crippen LogP contribution in [-0.4, -0.2) is 61.5 Å². The normalized spacial score (nSPS) is 18.4. The van der Waals surface area contributed by atoms with Crippen LogP contribution in [0, 0.1) is 0 Å². The lowest BCUT2D eigenvalue weighted by Crippen LogP contribution is -2.43. The molecule has 0 aromatic heterocycles. The molecule has 0 atom stereocenters. The summed E-state index contributed by atoms with van der Waals surface area (Å²) < 4.78 is 5.41. The molecule has 25 heavy (non-hydrogen) atoms. The topological polar surface area (TPSA) is 65.0 Å². The average molecular weight is 368 g/mol. The number of nitrogens with zero attached hydrogens (tertiary/aromatic N) is 2. The largest absolute Gasteiger partial charge is 0.395 e. The van der Waals surface area contributed by atoms with Crippen LogP contribution in [0.3, 0.4) is 0 Å². The van der Waals surface area contributed by atoms with Crippen LogP contribution < -0.4 is 10.2 Å². The number of halogens is 1. The van der Waals surface area contributed by atoms with Crippen LogP contribution in [0.25, 0.3) is 0 Å². The Morgan fingerprint density at radius 3 is 2.72 bits per heavy atom. The van der Waals surface area contributed by atoms with E-state index in [-0.39, 0.29) is 18.7 Å². The lowest BCUT2D eigenvalue weighted by molar-refractivity contribution is 0.123. The minimum Gasteiger partial charge on any atom is -0.395 e. The molecular formula is C18H26ClN3O3. The number of benzene rings is 1. The first kappa shape index (κ1) is 18.3. The molecule has 1 aromatic carbocycles. The summed E-state index contributed by atoms with van der Waals surface area (Å²) in [6.07, 6.45) is 4.27. The molecule has 6 nitrogen and oxygen atoms in total. The third-order valence-corrected chi connectivity index (χ3v) is 5.23. The number of amides is 2. The van der Waals surface area contributed by atoms with Crippen molar-refractivity contribution >= 4 is 29.0 Å². The molecule has 138 valence electrons. The van der Waals surface area contributed by atoms with Gasteiger partial charge in [0.1, 0.15) is 0 Å². The smallest absolute Gasteiger partial charge is 0.322 e. The lowest BCUT2D eigenvalue weighted by Gasteiger charge is -2.33. The van der Waals surface area contributed by atoms with Gasteiger partial charge in [0.25, 0.3) is 0 Å². The van der Waals surface area contributed by atoms with Crippen molar-refractivity contribution in [1.82, 2.24) is 4.90 Å². The Hall–Kier alpha value is -1.50. The van der Waals surface area contributed by atoms with E-state index in [0.717, 1.165) is 44.5 Å². The van der Waals surface area contributed by atoms with Crippen LogP contribution in [-0.2, 0) is 4.74 Å². The Morgan fingerprint density at radius 2 is 2.04 bits per heavy atom. The molecule has 2 aliphatic rings. The number of nitrogens with one attached hydrogen (secondary N) is 1. The Kier molecular flexibility index (Phi) is 6.39. The first-order valence-electron chi connectivity index (χ1n) is 9.00. The van der Waals surface area contributed by atoms with E-state index in [9.17, 15) is 9.90 Å². The molecule has 1 aliphatic heterocycles. The van der Waals surface area contributed by atoms with Crippen molar-refractivity contribution < 1.29 is 14.6 Å². The van der Waals surface area contributed by atoms with Gasteiger partial charge in [-0.2, -0.15) is 0 Å². The van der Waals surface area contributed by atoms with Crippen LogP contribution in [0.15, 0.2) is 18.2 Å². The number of hydrogen-bond donors (Lipinski definition) is 2. The molecule has 2 N–H and O–H groups in total. The van der Waals surface area contributed by atoms with Gasteiger partial charge in [0.2, 0.25) is 0 Å². The Morgan fingerprint density at radius 1 is 1.32 bits per heavy atom. The standard InChI is InChI=1S/C18H26ClN3O3/c19-15-6-3-7-16(17(15)21-9-12-25-13-10-21)20-18(24)22(8-11-23)14-4-1-2-5-14/h3,6-7,14,23H,1-2,4-5,8-13H2,(H,20,24). The van der Waals surface area contributed by atoms with Gasteiger partial charge >= 0.3 is 6.03 Å². The molecule has 2 fully saturated rings. The highest BCUT2D eigenvalue weighted by Crippen LogP contribution is 2.35. The zero-order chi connectivity index (χ0) is 17.6. The molecular weight excluding hydrogens is 342 g/mol. The molecule has 3 rings (SSSR count). The van der Waals surface area contributed by atoms with Gasteiger partial charge in [0.05, 0.1) is 36.2 Å². The second-order valence-electron chi connectivity index (χ2n) is 6.52. The zero-order valence-electron chi connectivity index (χ0n) is 14.4. The molecule has 0 unspecified atom stereocenters. The van der Waals surface area contributed by atoms with E-state index >= 15 is 0 Å². The summed E-state index contributed by atoms with van der Waals surface area (Å²) in [5, 5.41) is 13.0. The summed E-state index contributed by atoms with van der Waals surface area (Å²) in [5.41, 5.74) is 1.55. The van der Waals surface area contributed by atoms with Crippen molar-refractivity contribution in [2.24, 2.45) is 0 Å². The number of morpholine rings is 1. The molecule has 0 spiro atoms. The molecule has 1 aromatic rings. The van der Waals surface area contributed by atoms with Crippen molar-refractivity contribution in [3.63, 3.8) is 0 Å². The molecule has 0 bridgehead atoms. The van der Waals surface area contributed by atoms with Gasteiger partial charge in [0, 0.05) is 25.7 Å². The molecule has 1 heterocycles. The number of para-hydroxylation sites is 1. The third-order valence-electron chi connectivity index (χ3n) is 4.92. The van der Waals surface area contributed by atoms with Crippen molar-refractivity contribution in [3.05, 3.63) is 23.2 Å². The van der Waals surface area contributed by atoms with E-state index in [0.29, 0.717) is 30.5 Å². The fourth-order valence-electron chi connectivity index (χ4n) is 3.69. The third kappa shape index (κ3) is 4.37. The summed E-state index contributed by atoms with van der Waals surface area (Å²) in [7, 11) is 0. The molecule has 7 heteroatoms. The van der Waals surface area contributed by atoms with Crippen LogP contribution in [0.4, 0.5) is 16.2 Å². The van der Waals surface area contributed by atoms with E-state index in [1.165, 1.54) is 0 Å². The SMILES string of the molecule is O=C(Nc1cccc(Cl)c1N1CCOCC1)N(CCO)C1CCCC1. The highest BCUT2D eigenvalue weighted by atomic mass is 35.5. The van der Waals surface area contributed by atoms with E-state index < -0.39 is 0 Å². The predicted molar refractivity (Wildman–Crippen MR) is 99.6 cm³/mol. The lowest BCUT2D eigenvalue weighted by atomic mass is 10.2. The van der Waals surface area contributed by atoms with Gasteiger partial charge in [-0.1, -0.05) is 30.5 Å². The van der Waals surface area contributed by atoms with Crippen LogP contribution in [0.1, 0.15) is 25.7 Å². The fourth-order valence-corrected chi connectivity index (χ4v) is 3.98. The monoisotopic (exact) mass is 367 g/mol. The maximum atomic E-state index is 12.9. The average Bonchev–Trinajstić information content (AvgIpc) is 3.14. The van der Waals surface area contributed by atoms with Crippen LogP contribution in [0.2, 0.25) is 5.02 Å². The molecule has 1 saturated carbocycles. The summed E-state index contributed by atoms with van der Waals surface area (Å²) in [6, 6.07) is 5.59. The van der Waals surface area contributed by atoms with E-state index in [1.807, 2.05) is 18.2 Å². The number of anilines is 2. The molecule has 1 saturated heterocycles. The number of aliphatic hydroxyl groups is 1. The quantitative estimate of drug-likeness (QED) is 0.839. The first-order chi connectivity index (χ1) is 12.2. The van der Waals surface area contributed by atoms with Gasteiger partial charge in [-0.05, 0) is 25.0 Å². The van der Waals surface area contributed by atoms with Gasteiger partial charge in [-0.15, -0.1) is 0 Å². The molecule has 0 radical (unpaired) electrons. The Labute approximate surface area is 153 Å². The van der Waals surface area contributed by atoms with E-state index in [4.69, 9.17) is 16.3 Å². The number of carbonyl (C=O) groups excluding carboxylic acids is 1. The number of aliphatic hydroxyl groups excluding tert-OH is 1. The van der Waals surface area contributed by atoms with Crippen molar-refractivity contribution in [3.8, 4) is 0 Å². The number of rotatable bonds is 5. The second kappa shape index (κ2) is 8.74. The van der Waals surface area contributed by atoms with E-state index in [1.54, 1.807) is 4.90 Å². The Balaban J connectivity index is 1.78. The maximum absolute atomic E-state index is 12.9. The zero-order valence-corrected chi connectivity index (χ0v) is 15.2. The van der Waals surface area contributed by atoms with Crippen LogP contribution in [0.5, 0.6) is 0 Å². The number of carbonyl (C=O) groups is 1. The van der Waals surface area contributed by atoms with Gasteiger partial charge in [-0.3, -0.25) is 0 Å². The maximum Gasteiger partial charge on any atom is 0.322 e. The summed E-state index contributed by atoms with van der Waals surface area (Å²) in [4.78, 5) is 16.8. The molecule has 1 aliphatic carbocycles. The predicted octanol–water partition coefficient (Wildman–Crippen LogP) is 2.95. The summed E-state index contributed by atoms with van der Waals surface area (Å²) in [5.74, 6) is 0. The van der Waals surface area contributed by atoms with Crippen molar-refractivity contribution in [1.29, 1.82) is 0 Å². The minimum atomic E-state index is -0.169. The van der Waals surface area contributed by atoms with Crippen molar-refractivity contribution in [2.45, 2.75) is 31.7 Å². The minimum absolute atomic E-state index is 0.0320. The number of hydrogen-bond acceptors (Lipinski definition) is 4. The Bertz CT molecular complexity index is 587. The highest BCUT2D eigenvalue weighted by molar-refractivity contribution is 6.34. The number of ether oxygens (including phenoxy) is 1. The van der Waals surface area contributed by atoms with E-state index in [2.05, 4.69) is 10.2 Å². The summed E-state index contributed by atoms with van der Waals surface area (Å²) in [6.45, 7) is 3.11. The fraction of sp³-hybridized carbons (Fsp3) is 0.611. The second-order valence-corrected chi connectivity index (χ2v) is 6.93. The molecule has 2 amide bonds. The number of urea groups is 1. The highest BCUT2D eigenvalue weighted by Gasteiger charge is 2.27. The first-order valence-corrected chi connectivity index (χ1v) is 9.38. The van der Waals surface area contributed by atoms with Gasteiger partial charge < -0.3 is 25.0 Å². The van der Waals surface area contributed by atoms with Crippen molar-refractivity contribution in [2.75, 3.05) is 49.7 Å². The van der Waals surface area contributed by atoms with Gasteiger partial charge in [-0.25, -0.2) is 4.79 Å². The van der Waals surface area contributed by atoms with Crippen LogP contribution >= 0.6 is 11.6 Å².